The van der Waals surface area contributed by atoms with Crippen molar-refractivity contribution >= 4 is 10.2 Å². The molecule has 1 heterocycles. The predicted octanol–water partition coefficient (Wildman–Crippen LogP) is -0.462. The molecule has 0 aromatic carbocycles. The molecule has 1 fully saturated rings. The molecule has 1 aliphatic rings. The number of ether oxygens (including phenoxy) is 1. The highest BCUT2D eigenvalue weighted by Crippen LogP contribution is 2.14. The van der Waals surface area contributed by atoms with Gasteiger partial charge in [-0.15, -0.1) is 0 Å². The van der Waals surface area contributed by atoms with E-state index in [1.165, 1.54) is 4.31 Å². The maximum absolute atomic E-state index is 12.1. The maximum atomic E-state index is 12.1. The zero-order valence-electron chi connectivity index (χ0n) is 10.9. The van der Waals surface area contributed by atoms with Crippen LogP contribution in [0.15, 0.2) is 0 Å². The first-order valence-corrected chi connectivity index (χ1v) is 7.36. The van der Waals surface area contributed by atoms with Gasteiger partial charge in [0.05, 0.1) is 12.7 Å². The van der Waals surface area contributed by atoms with Gasteiger partial charge in [-0.2, -0.15) is 12.7 Å². The van der Waals surface area contributed by atoms with Crippen LogP contribution in [0.25, 0.3) is 0 Å². The monoisotopic (exact) mass is 265 g/mol. The van der Waals surface area contributed by atoms with E-state index in [1.54, 1.807) is 7.05 Å². The van der Waals surface area contributed by atoms with Crippen molar-refractivity contribution in [3.8, 4) is 0 Å². The molecule has 17 heavy (non-hydrogen) atoms. The van der Waals surface area contributed by atoms with Gasteiger partial charge in [0.2, 0.25) is 0 Å². The predicted molar refractivity (Wildman–Crippen MR) is 67.0 cm³/mol. The van der Waals surface area contributed by atoms with Crippen LogP contribution in [0.2, 0.25) is 0 Å². The Morgan fingerprint density at radius 1 is 1.47 bits per heavy atom. The number of nitrogens with one attached hydrogen (secondary N) is 2. The molecule has 1 saturated heterocycles. The molecular weight excluding hydrogens is 242 g/mol. The number of nitrogens with zero attached hydrogens (tertiary/aromatic N) is 1. The van der Waals surface area contributed by atoms with Crippen molar-refractivity contribution in [2.24, 2.45) is 0 Å². The van der Waals surface area contributed by atoms with Gasteiger partial charge in [0.1, 0.15) is 0 Å². The lowest BCUT2D eigenvalue weighted by Gasteiger charge is -2.35. The summed E-state index contributed by atoms with van der Waals surface area (Å²) in [5.74, 6) is 0. The molecule has 7 heteroatoms. The first-order valence-electron chi connectivity index (χ1n) is 5.92. The first-order chi connectivity index (χ1) is 7.86. The minimum Gasteiger partial charge on any atom is -0.375 e. The summed E-state index contributed by atoms with van der Waals surface area (Å²) in [6.45, 7) is 6.90. The third-order valence-corrected chi connectivity index (χ3v) is 4.58. The summed E-state index contributed by atoms with van der Waals surface area (Å²) in [4.78, 5) is 0. The zero-order valence-corrected chi connectivity index (χ0v) is 11.8. The van der Waals surface area contributed by atoms with Crippen LogP contribution in [-0.2, 0) is 14.9 Å². The van der Waals surface area contributed by atoms with Crippen molar-refractivity contribution in [1.29, 1.82) is 0 Å². The fourth-order valence-corrected chi connectivity index (χ4v) is 3.19. The van der Waals surface area contributed by atoms with Crippen LogP contribution in [0.3, 0.4) is 0 Å². The van der Waals surface area contributed by atoms with Crippen LogP contribution in [0, 0.1) is 0 Å². The van der Waals surface area contributed by atoms with Crippen molar-refractivity contribution in [2.75, 3.05) is 26.7 Å². The normalized spacial score (nSPS) is 29.2. The lowest BCUT2D eigenvalue weighted by atomic mass is 10.2. The number of hydrogen-bond acceptors (Lipinski definition) is 4. The molecule has 0 bridgehead atoms. The molecule has 0 aromatic rings. The average Bonchev–Trinajstić information content (AvgIpc) is 2.29. The van der Waals surface area contributed by atoms with E-state index < -0.39 is 10.2 Å². The lowest BCUT2D eigenvalue weighted by molar-refractivity contribution is -0.0175. The summed E-state index contributed by atoms with van der Waals surface area (Å²) in [6.07, 6.45) is -0.0514. The fourth-order valence-electron chi connectivity index (χ4n) is 1.62. The van der Waals surface area contributed by atoms with E-state index in [-0.39, 0.29) is 18.2 Å². The first kappa shape index (κ1) is 14.8. The second kappa shape index (κ2) is 6.10. The summed E-state index contributed by atoms with van der Waals surface area (Å²) in [6, 6.07) is -0.00728. The van der Waals surface area contributed by atoms with E-state index in [4.69, 9.17) is 4.74 Å². The summed E-state index contributed by atoms with van der Waals surface area (Å²) in [5.41, 5.74) is 0. The van der Waals surface area contributed by atoms with E-state index in [9.17, 15) is 8.42 Å². The maximum Gasteiger partial charge on any atom is 0.279 e. The van der Waals surface area contributed by atoms with Crippen molar-refractivity contribution in [3.63, 3.8) is 0 Å². The van der Waals surface area contributed by atoms with Crippen molar-refractivity contribution in [2.45, 2.75) is 39.0 Å². The number of morpholine rings is 1. The Labute approximate surface area is 104 Å². The van der Waals surface area contributed by atoms with Crippen LogP contribution in [0.1, 0.15) is 20.8 Å². The van der Waals surface area contributed by atoms with Gasteiger partial charge in [0.15, 0.2) is 0 Å². The van der Waals surface area contributed by atoms with Crippen LogP contribution in [-0.4, -0.2) is 57.7 Å². The van der Waals surface area contributed by atoms with Gasteiger partial charge in [-0.3, -0.25) is 0 Å². The molecule has 3 atom stereocenters. The van der Waals surface area contributed by atoms with Gasteiger partial charge in [-0.1, -0.05) is 0 Å². The quantitative estimate of drug-likeness (QED) is 0.705. The molecule has 2 N–H and O–H groups in total. The van der Waals surface area contributed by atoms with Gasteiger partial charge in [-0.25, -0.2) is 4.72 Å². The van der Waals surface area contributed by atoms with Crippen LogP contribution in [0.4, 0.5) is 0 Å². The van der Waals surface area contributed by atoms with Crippen molar-refractivity contribution in [3.05, 3.63) is 0 Å². The van der Waals surface area contributed by atoms with E-state index in [1.807, 2.05) is 20.8 Å². The Morgan fingerprint density at radius 2 is 2.12 bits per heavy atom. The van der Waals surface area contributed by atoms with Crippen LogP contribution < -0.4 is 10.0 Å². The molecule has 0 amide bonds. The molecule has 1 rings (SSSR count). The molecule has 1 aliphatic heterocycles. The minimum absolute atomic E-state index is 0.0514. The SMILES string of the molecule is CNC(C)CNS(=O)(=O)N1CC(C)OCC1C. The number of hydrogen-bond donors (Lipinski definition) is 2. The van der Waals surface area contributed by atoms with Gasteiger partial charge in [0.25, 0.3) is 10.2 Å². The Balaban J connectivity index is 2.62. The molecule has 3 unspecified atom stereocenters. The summed E-state index contributed by atoms with van der Waals surface area (Å²) >= 11 is 0. The molecule has 102 valence electrons. The van der Waals surface area contributed by atoms with E-state index in [0.29, 0.717) is 19.7 Å². The Bertz CT molecular complexity index is 334. The third kappa shape index (κ3) is 4.18. The van der Waals surface area contributed by atoms with Crippen molar-refractivity contribution < 1.29 is 13.2 Å². The fraction of sp³-hybridized carbons (Fsp3) is 1.00. The highest BCUT2D eigenvalue weighted by molar-refractivity contribution is 7.87. The standard InChI is InChI=1S/C10H23N3O3S/c1-8(11-4)5-12-17(14,15)13-6-10(3)16-7-9(13)2/h8-12H,5-7H2,1-4H3. The van der Waals surface area contributed by atoms with Gasteiger partial charge < -0.3 is 10.1 Å². The number of rotatable bonds is 5. The molecule has 0 radical (unpaired) electrons. The van der Waals surface area contributed by atoms with E-state index >= 15 is 0 Å². The molecule has 6 nitrogen and oxygen atoms in total. The zero-order chi connectivity index (χ0) is 13.1. The summed E-state index contributed by atoms with van der Waals surface area (Å²) < 4.78 is 33.7. The second-order valence-electron chi connectivity index (χ2n) is 4.61. The summed E-state index contributed by atoms with van der Waals surface area (Å²) in [7, 11) is -1.60. The van der Waals surface area contributed by atoms with E-state index in [0.717, 1.165) is 0 Å². The Kier molecular flexibility index (Phi) is 5.33. The topological polar surface area (TPSA) is 70.7 Å². The van der Waals surface area contributed by atoms with Gasteiger partial charge in [-0.05, 0) is 27.8 Å². The summed E-state index contributed by atoms with van der Waals surface area (Å²) in [5, 5.41) is 2.99. The second-order valence-corrected chi connectivity index (χ2v) is 6.31. The highest BCUT2D eigenvalue weighted by Gasteiger charge is 2.32. The van der Waals surface area contributed by atoms with E-state index in [2.05, 4.69) is 10.0 Å². The van der Waals surface area contributed by atoms with Crippen LogP contribution in [0.5, 0.6) is 0 Å². The highest BCUT2D eigenvalue weighted by atomic mass is 32.2. The van der Waals surface area contributed by atoms with Crippen molar-refractivity contribution in [1.82, 2.24) is 14.3 Å². The number of likely N-dealkylation sites (N-methyl/N-ethyl adjacent to an activating group) is 1. The molecular formula is C10H23N3O3S. The van der Waals surface area contributed by atoms with Crippen LogP contribution >= 0.6 is 0 Å². The molecule has 0 aromatic heterocycles. The minimum atomic E-state index is -3.41. The Hall–Kier alpha value is -0.210. The molecule has 0 saturated carbocycles. The average molecular weight is 265 g/mol. The Morgan fingerprint density at radius 3 is 2.71 bits per heavy atom. The largest absolute Gasteiger partial charge is 0.375 e. The smallest absolute Gasteiger partial charge is 0.279 e. The molecule has 0 aliphatic carbocycles. The lowest BCUT2D eigenvalue weighted by Crippen LogP contribution is -2.55. The van der Waals surface area contributed by atoms with Gasteiger partial charge in [0, 0.05) is 25.2 Å². The molecule has 0 spiro atoms. The van der Waals surface area contributed by atoms with Gasteiger partial charge >= 0.3 is 0 Å². The third-order valence-electron chi connectivity index (χ3n) is 2.92.